The van der Waals surface area contributed by atoms with Gasteiger partial charge >= 0.3 is 5.97 Å². The number of rotatable bonds is 5. The summed E-state index contributed by atoms with van der Waals surface area (Å²) in [6.45, 7) is 1.82. The highest BCUT2D eigenvalue weighted by molar-refractivity contribution is 9.10. The number of anilines is 1. The lowest BCUT2D eigenvalue weighted by Crippen LogP contribution is -2.36. The highest BCUT2D eigenvalue weighted by Gasteiger charge is 2.16. The van der Waals surface area contributed by atoms with Gasteiger partial charge in [-0.15, -0.1) is 0 Å². The molecular formula is C12H15BrN2O3. The van der Waals surface area contributed by atoms with Gasteiger partial charge in [-0.1, -0.05) is 22.9 Å². The van der Waals surface area contributed by atoms with E-state index in [0.717, 1.165) is 4.47 Å². The molecule has 0 aromatic heterocycles. The quantitative estimate of drug-likeness (QED) is 0.725. The second-order valence-electron chi connectivity index (χ2n) is 3.91. The monoisotopic (exact) mass is 314 g/mol. The van der Waals surface area contributed by atoms with Gasteiger partial charge in [-0.2, -0.15) is 0 Å². The Morgan fingerprint density at radius 1 is 1.50 bits per heavy atom. The van der Waals surface area contributed by atoms with Gasteiger partial charge in [0.25, 0.3) is 5.91 Å². The van der Waals surface area contributed by atoms with Crippen molar-refractivity contribution < 1.29 is 14.7 Å². The van der Waals surface area contributed by atoms with Crippen LogP contribution in [0.25, 0.3) is 0 Å². The minimum absolute atomic E-state index is 0.0985. The normalized spacial score (nSPS) is 11.9. The summed E-state index contributed by atoms with van der Waals surface area (Å²) < 4.78 is 0.786. The Morgan fingerprint density at radius 2 is 2.17 bits per heavy atom. The van der Waals surface area contributed by atoms with Crippen molar-refractivity contribution in [3.8, 4) is 0 Å². The summed E-state index contributed by atoms with van der Waals surface area (Å²) in [5.41, 5.74) is 6.44. The van der Waals surface area contributed by atoms with Crippen LogP contribution in [0.4, 0.5) is 5.69 Å². The van der Waals surface area contributed by atoms with E-state index in [0.29, 0.717) is 17.7 Å². The van der Waals surface area contributed by atoms with Crippen LogP contribution in [0, 0.1) is 0 Å². The Morgan fingerprint density at radius 3 is 2.67 bits per heavy atom. The Hall–Kier alpha value is -1.56. The number of aliphatic carboxylic acids is 1. The molecule has 6 heteroatoms. The van der Waals surface area contributed by atoms with Crippen LogP contribution in [0.15, 0.2) is 22.7 Å². The predicted molar refractivity (Wildman–Crippen MR) is 72.4 cm³/mol. The molecule has 0 saturated carbocycles. The zero-order valence-electron chi connectivity index (χ0n) is 9.94. The van der Waals surface area contributed by atoms with Crippen LogP contribution in [0.3, 0.4) is 0 Å². The van der Waals surface area contributed by atoms with Crippen LogP contribution in [0.1, 0.15) is 30.1 Å². The maximum absolute atomic E-state index is 11.9. The molecule has 0 aliphatic heterocycles. The first kappa shape index (κ1) is 14.5. The standard InChI is InChI=1S/C12H15BrN2O3/c1-2-8(6-11(16)17)15-12(18)9-4-3-7(13)5-10(9)14/h3-5,8H,2,6,14H2,1H3,(H,15,18)(H,16,17). The summed E-state index contributed by atoms with van der Waals surface area (Å²) >= 11 is 3.25. The molecule has 1 atom stereocenters. The van der Waals surface area contributed by atoms with E-state index in [4.69, 9.17) is 10.8 Å². The molecule has 98 valence electrons. The molecule has 0 aliphatic rings. The summed E-state index contributed by atoms with van der Waals surface area (Å²) in [5, 5.41) is 11.4. The number of benzene rings is 1. The first-order chi connectivity index (χ1) is 8.43. The molecular weight excluding hydrogens is 300 g/mol. The molecule has 0 saturated heterocycles. The maximum Gasteiger partial charge on any atom is 0.305 e. The molecule has 1 unspecified atom stereocenters. The van der Waals surface area contributed by atoms with Crippen molar-refractivity contribution in [3.63, 3.8) is 0 Å². The molecule has 0 spiro atoms. The molecule has 0 aliphatic carbocycles. The fourth-order valence-corrected chi connectivity index (χ4v) is 1.89. The molecule has 4 N–H and O–H groups in total. The van der Waals surface area contributed by atoms with Crippen molar-refractivity contribution in [2.75, 3.05) is 5.73 Å². The summed E-state index contributed by atoms with van der Waals surface area (Å²) in [4.78, 5) is 22.5. The molecule has 0 heterocycles. The predicted octanol–water partition coefficient (Wildman–Crippen LogP) is 2.01. The van der Waals surface area contributed by atoms with E-state index in [1.165, 1.54) is 0 Å². The molecule has 0 radical (unpaired) electrons. The maximum atomic E-state index is 11.9. The zero-order chi connectivity index (χ0) is 13.7. The zero-order valence-corrected chi connectivity index (χ0v) is 11.5. The lowest BCUT2D eigenvalue weighted by Gasteiger charge is -2.15. The summed E-state index contributed by atoms with van der Waals surface area (Å²) in [6, 6.07) is 4.55. The first-order valence-corrected chi connectivity index (χ1v) is 6.31. The van der Waals surface area contributed by atoms with Gasteiger partial charge in [0.2, 0.25) is 0 Å². The lowest BCUT2D eigenvalue weighted by atomic mass is 10.1. The number of hydrogen-bond donors (Lipinski definition) is 3. The van der Waals surface area contributed by atoms with Crippen LogP contribution in [-0.4, -0.2) is 23.0 Å². The Labute approximate surface area is 113 Å². The number of halogens is 1. The smallest absolute Gasteiger partial charge is 0.305 e. The third-order valence-corrected chi connectivity index (χ3v) is 3.00. The van der Waals surface area contributed by atoms with Gasteiger partial charge in [0.05, 0.1) is 12.0 Å². The number of nitrogens with one attached hydrogen (secondary N) is 1. The van der Waals surface area contributed by atoms with E-state index < -0.39 is 12.0 Å². The Kier molecular flexibility index (Phi) is 5.15. The summed E-state index contributed by atoms with van der Waals surface area (Å²) in [7, 11) is 0. The molecule has 5 nitrogen and oxygen atoms in total. The van der Waals surface area contributed by atoms with Crippen molar-refractivity contribution in [1.82, 2.24) is 5.32 Å². The molecule has 1 aromatic rings. The van der Waals surface area contributed by atoms with E-state index >= 15 is 0 Å². The minimum Gasteiger partial charge on any atom is -0.481 e. The summed E-state index contributed by atoms with van der Waals surface area (Å²) in [6.07, 6.45) is 0.452. The fraction of sp³-hybridized carbons (Fsp3) is 0.333. The van der Waals surface area contributed by atoms with E-state index in [-0.39, 0.29) is 12.3 Å². The topological polar surface area (TPSA) is 92.4 Å². The van der Waals surface area contributed by atoms with Gasteiger partial charge in [-0.25, -0.2) is 0 Å². The second-order valence-corrected chi connectivity index (χ2v) is 4.82. The number of amides is 1. The van der Waals surface area contributed by atoms with Crippen molar-refractivity contribution in [2.24, 2.45) is 0 Å². The Bertz CT molecular complexity index is 463. The average molecular weight is 315 g/mol. The molecule has 1 rings (SSSR count). The van der Waals surface area contributed by atoms with Crippen LogP contribution in [-0.2, 0) is 4.79 Å². The molecule has 18 heavy (non-hydrogen) atoms. The highest BCUT2D eigenvalue weighted by Crippen LogP contribution is 2.18. The number of carbonyl (C=O) groups is 2. The summed E-state index contributed by atoms with van der Waals surface area (Å²) in [5.74, 6) is -1.29. The van der Waals surface area contributed by atoms with Crippen LogP contribution in [0.2, 0.25) is 0 Å². The van der Waals surface area contributed by atoms with Gasteiger partial charge in [0, 0.05) is 16.2 Å². The average Bonchev–Trinajstić information content (AvgIpc) is 2.27. The van der Waals surface area contributed by atoms with Gasteiger partial charge in [-0.05, 0) is 24.6 Å². The van der Waals surface area contributed by atoms with Crippen molar-refractivity contribution in [3.05, 3.63) is 28.2 Å². The Balaban J connectivity index is 2.77. The number of carboxylic acid groups (broad SMARTS) is 1. The molecule has 0 bridgehead atoms. The number of carboxylic acids is 1. The third-order valence-electron chi connectivity index (χ3n) is 2.51. The van der Waals surface area contributed by atoms with Crippen molar-refractivity contribution in [1.29, 1.82) is 0 Å². The van der Waals surface area contributed by atoms with E-state index in [1.54, 1.807) is 18.2 Å². The van der Waals surface area contributed by atoms with Gasteiger partial charge in [-0.3, -0.25) is 9.59 Å². The first-order valence-electron chi connectivity index (χ1n) is 5.51. The van der Waals surface area contributed by atoms with Crippen molar-refractivity contribution in [2.45, 2.75) is 25.8 Å². The number of nitrogens with two attached hydrogens (primary N) is 1. The van der Waals surface area contributed by atoms with Gasteiger partial charge < -0.3 is 16.2 Å². The minimum atomic E-state index is -0.939. The van der Waals surface area contributed by atoms with Crippen molar-refractivity contribution >= 4 is 33.5 Å². The highest BCUT2D eigenvalue weighted by atomic mass is 79.9. The van der Waals surface area contributed by atoms with Gasteiger partial charge in [0.1, 0.15) is 0 Å². The third kappa shape index (κ3) is 4.03. The number of hydrogen-bond acceptors (Lipinski definition) is 3. The number of carbonyl (C=O) groups excluding carboxylic acids is 1. The van der Waals surface area contributed by atoms with Gasteiger partial charge in [0.15, 0.2) is 0 Å². The molecule has 0 fully saturated rings. The number of nitrogen functional groups attached to an aromatic ring is 1. The largest absolute Gasteiger partial charge is 0.481 e. The SMILES string of the molecule is CCC(CC(=O)O)NC(=O)c1ccc(Br)cc1N. The van der Waals surface area contributed by atoms with E-state index in [9.17, 15) is 9.59 Å². The fourth-order valence-electron chi connectivity index (χ4n) is 1.51. The molecule has 1 aromatic carbocycles. The second kappa shape index (κ2) is 6.39. The van der Waals surface area contributed by atoms with Crippen LogP contribution in [0.5, 0.6) is 0 Å². The van der Waals surface area contributed by atoms with Crippen LogP contribution < -0.4 is 11.1 Å². The van der Waals surface area contributed by atoms with E-state index in [1.807, 2.05) is 6.92 Å². The van der Waals surface area contributed by atoms with Crippen LogP contribution >= 0.6 is 15.9 Å². The lowest BCUT2D eigenvalue weighted by molar-refractivity contribution is -0.137. The van der Waals surface area contributed by atoms with E-state index in [2.05, 4.69) is 21.2 Å². The molecule has 1 amide bonds.